The van der Waals surface area contributed by atoms with Gasteiger partial charge in [0.15, 0.2) is 11.5 Å². The molecule has 0 spiro atoms. The minimum atomic E-state index is -0.552. The molecule has 5 heteroatoms. The van der Waals surface area contributed by atoms with Gasteiger partial charge in [-0.25, -0.2) is 4.79 Å². The summed E-state index contributed by atoms with van der Waals surface area (Å²) < 4.78 is 9.61. The van der Waals surface area contributed by atoms with Gasteiger partial charge in [-0.05, 0) is 19.1 Å². The summed E-state index contributed by atoms with van der Waals surface area (Å²) in [6.07, 6.45) is 0. The Hall–Kier alpha value is -0.710. The summed E-state index contributed by atoms with van der Waals surface area (Å²) in [6, 6.07) is 4.67. The largest absolute Gasteiger partial charge is 0.504 e. The monoisotopic (exact) mass is 219 g/mol. The van der Waals surface area contributed by atoms with Gasteiger partial charge in [0.05, 0.1) is 13.7 Å². The van der Waals surface area contributed by atoms with Crippen molar-refractivity contribution in [3.05, 3.63) is 23.8 Å². The van der Waals surface area contributed by atoms with Gasteiger partial charge in [0, 0.05) is 29.6 Å². The third-order valence-electron chi connectivity index (χ3n) is 1.71. The number of hydrogen-bond acceptors (Lipinski definition) is 4. The Morgan fingerprint density at radius 1 is 1.47 bits per heavy atom. The van der Waals surface area contributed by atoms with Crippen LogP contribution in [-0.4, -0.2) is 54.3 Å². The van der Waals surface area contributed by atoms with Crippen LogP contribution in [-0.2, 0) is 4.74 Å². The standard InChI is InChI=1S/C10H12O4.Na/c1-3-14-10(12)7-5-4-6-8(13-2)9(7)11;/h4-6,11H,3H2,1-2H3;. The number of methoxy groups -OCH3 is 1. The molecule has 1 rings (SSSR count). The number of rotatable bonds is 3. The Morgan fingerprint density at radius 3 is 2.67 bits per heavy atom. The Balaban J connectivity index is 0.00000196. The summed E-state index contributed by atoms with van der Waals surface area (Å²) in [5.74, 6) is -0.479. The number of phenols is 1. The van der Waals surface area contributed by atoms with Crippen LogP contribution >= 0.6 is 0 Å². The van der Waals surface area contributed by atoms with Gasteiger partial charge < -0.3 is 14.6 Å². The summed E-state index contributed by atoms with van der Waals surface area (Å²) in [7, 11) is 1.42. The molecule has 0 aliphatic rings. The molecule has 1 aromatic rings. The fourth-order valence-corrected chi connectivity index (χ4v) is 1.06. The minimum absolute atomic E-state index is 0. The van der Waals surface area contributed by atoms with Gasteiger partial charge >= 0.3 is 5.97 Å². The van der Waals surface area contributed by atoms with Crippen molar-refractivity contribution in [2.45, 2.75) is 6.92 Å². The molecule has 0 bridgehead atoms. The topological polar surface area (TPSA) is 55.8 Å². The Labute approximate surface area is 110 Å². The zero-order valence-corrected chi connectivity index (χ0v) is 11.1. The number of hydrogen-bond donors (Lipinski definition) is 1. The molecular formula is C10H12NaO4. The zero-order chi connectivity index (χ0) is 10.6. The summed E-state index contributed by atoms with van der Waals surface area (Å²) in [5.41, 5.74) is 0.117. The van der Waals surface area contributed by atoms with E-state index in [4.69, 9.17) is 9.47 Å². The summed E-state index contributed by atoms with van der Waals surface area (Å²) in [4.78, 5) is 11.3. The van der Waals surface area contributed by atoms with Crippen molar-refractivity contribution in [1.29, 1.82) is 0 Å². The number of ether oxygens (including phenoxy) is 2. The molecule has 0 fully saturated rings. The maximum Gasteiger partial charge on any atom is 0.342 e. The number of benzene rings is 1. The van der Waals surface area contributed by atoms with Gasteiger partial charge in [0.1, 0.15) is 5.56 Å². The Morgan fingerprint density at radius 2 is 2.13 bits per heavy atom. The van der Waals surface area contributed by atoms with Gasteiger partial charge in [0.25, 0.3) is 0 Å². The number of aromatic hydroxyl groups is 1. The molecule has 4 nitrogen and oxygen atoms in total. The van der Waals surface area contributed by atoms with E-state index in [1.165, 1.54) is 13.2 Å². The average molecular weight is 219 g/mol. The number of carbonyl (C=O) groups excluding carboxylic acids is 1. The average Bonchev–Trinajstić information content (AvgIpc) is 2.18. The number of esters is 1. The van der Waals surface area contributed by atoms with E-state index >= 15 is 0 Å². The molecule has 15 heavy (non-hydrogen) atoms. The van der Waals surface area contributed by atoms with Crippen LogP contribution in [0.1, 0.15) is 17.3 Å². The second-order valence-corrected chi connectivity index (χ2v) is 2.58. The van der Waals surface area contributed by atoms with Crippen LogP contribution in [0.5, 0.6) is 11.5 Å². The second-order valence-electron chi connectivity index (χ2n) is 2.58. The minimum Gasteiger partial charge on any atom is -0.504 e. The molecule has 0 unspecified atom stereocenters. The first-order valence-electron chi connectivity index (χ1n) is 4.23. The fourth-order valence-electron chi connectivity index (χ4n) is 1.06. The predicted octanol–water partition coefficient (Wildman–Crippen LogP) is 1.20. The summed E-state index contributed by atoms with van der Waals surface area (Å²) in [5, 5.41) is 9.56. The molecule has 0 aliphatic carbocycles. The van der Waals surface area contributed by atoms with E-state index in [1.54, 1.807) is 19.1 Å². The maximum atomic E-state index is 11.3. The van der Waals surface area contributed by atoms with Crippen molar-refractivity contribution < 1.29 is 19.4 Å². The molecule has 0 heterocycles. The Bertz CT molecular complexity index is 338. The van der Waals surface area contributed by atoms with Gasteiger partial charge in [-0.1, -0.05) is 6.07 Å². The van der Waals surface area contributed by atoms with E-state index in [9.17, 15) is 9.90 Å². The first-order chi connectivity index (χ1) is 6.70. The molecule has 1 aromatic carbocycles. The van der Waals surface area contributed by atoms with Gasteiger partial charge in [-0.2, -0.15) is 0 Å². The SMILES string of the molecule is CCOC(=O)c1cccc(OC)c1O.[Na]. The molecule has 0 saturated carbocycles. The second kappa shape index (κ2) is 6.71. The first-order valence-corrected chi connectivity index (χ1v) is 4.23. The van der Waals surface area contributed by atoms with E-state index in [1.807, 2.05) is 0 Å². The van der Waals surface area contributed by atoms with Crippen molar-refractivity contribution in [2.24, 2.45) is 0 Å². The molecule has 0 aromatic heterocycles. The van der Waals surface area contributed by atoms with Crippen molar-refractivity contribution in [2.75, 3.05) is 13.7 Å². The van der Waals surface area contributed by atoms with Crippen LogP contribution in [0.3, 0.4) is 0 Å². The van der Waals surface area contributed by atoms with Crippen LogP contribution in [0.4, 0.5) is 0 Å². The van der Waals surface area contributed by atoms with E-state index in [0.29, 0.717) is 0 Å². The smallest absolute Gasteiger partial charge is 0.342 e. The van der Waals surface area contributed by atoms with Crippen molar-refractivity contribution >= 4 is 35.5 Å². The van der Waals surface area contributed by atoms with E-state index in [0.717, 1.165) is 0 Å². The van der Waals surface area contributed by atoms with Crippen molar-refractivity contribution in [1.82, 2.24) is 0 Å². The zero-order valence-electron chi connectivity index (χ0n) is 9.11. The predicted molar refractivity (Wildman–Crippen MR) is 56.4 cm³/mol. The van der Waals surface area contributed by atoms with Gasteiger partial charge in [-0.15, -0.1) is 0 Å². The molecular weight excluding hydrogens is 207 g/mol. The third-order valence-corrected chi connectivity index (χ3v) is 1.71. The van der Waals surface area contributed by atoms with Crippen LogP contribution in [0.2, 0.25) is 0 Å². The number of carbonyl (C=O) groups is 1. The molecule has 1 N–H and O–H groups in total. The first kappa shape index (κ1) is 14.3. The Kier molecular flexibility index (Phi) is 6.40. The van der Waals surface area contributed by atoms with Gasteiger partial charge in [0.2, 0.25) is 0 Å². The van der Waals surface area contributed by atoms with Gasteiger partial charge in [-0.3, -0.25) is 0 Å². The number of para-hydroxylation sites is 1. The normalized spacial score (nSPS) is 8.93. The van der Waals surface area contributed by atoms with Crippen LogP contribution in [0, 0.1) is 0 Å². The molecule has 0 saturated heterocycles. The molecule has 0 amide bonds. The summed E-state index contributed by atoms with van der Waals surface area (Å²) in [6.45, 7) is 1.98. The molecule has 0 atom stereocenters. The van der Waals surface area contributed by atoms with Crippen molar-refractivity contribution in [3.8, 4) is 11.5 Å². The van der Waals surface area contributed by atoms with E-state index < -0.39 is 5.97 Å². The van der Waals surface area contributed by atoms with E-state index in [2.05, 4.69) is 0 Å². The van der Waals surface area contributed by atoms with Crippen LogP contribution in [0.25, 0.3) is 0 Å². The van der Waals surface area contributed by atoms with Crippen LogP contribution < -0.4 is 4.74 Å². The van der Waals surface area contributed by atoms with Crippen molar-refractivity contribution in [3.63, 3.8) is 0 Å². The molecule has 77 valence electrons. The fraction of sp³-hybridized carbons (Fsp3) is 0.300. The van der Waals surface area contributed by atoms with E-state index in [-0.39, 0.29) is 53.2 Å². The molecule has 1 radical (unpaired) electrons. The number of phenolic OH excluding ortho intramolecular Hbond substituents is 1. The van der Waals surface area contributed by atoms with Crippen LogP contribution in [0.15, 0.2) is 18.2 Å². The molecule has 0 aliphatic heterocycles. The quantitative estimate of drug-likeness (QED) is 0.613. The summed E-state index contributed by atoms with van der Waals surface area (Å²) >= 11 is 0. The maximum absolute atomic E-state index is 11.3. The third kappa shape index (κ3) is 3.41.